The summed E-state index contributed by atoms with van der Waals surface area (Å²) in [5, 5.41) is 12.6. The van der Waals surface area contributed by atoms with Crippen molar-refractivity contribution in [3.8, 4) is 22.9 Å². The van der Waals surface area contributed by atoms with Gasteiger partial charge in [-0.2, -0.15) is 18.3 Å². The van der Waals surface area contributed by atoms with Crippen molar-refractivity contribution < 1.29 is 27.4 Å². The molecule has 5 N–H and O–H groups in total. The van der Waals surface area contributed by atoms with Crippen LogP contribution in [0.15, 0.2) is 73.1 Å². The fourth-order valence-corrected chi connectivity index (χ4v) is 4.22. The molecular weight excluding hydrogens is 575 g/mol. The number of anilines is 3. The number of rotatable bonds is 5. The number of fused-ring (bicyclic) bond motifs is 1. The van der Waals surface area contributed by atoms with Crippen molar-refractivity contribution in [2.45, 2.75) is 39.3 Å². The van der Waals surface area contributed by atoms with E-state index in [1.54, 1.807) is 10.7 Å². The molecular formula is C31H34F3N7O3. The molecule has 0 saturated heterocycles. The number of aryl methyl sites for hydroxylation is 1. The molecule has 44 heavy (non-hydrogen) atoms. The normalized spacial score (nSPS) is 12.6. The van der Waals surface area contributed by atoms with Crippen LogP contribution in [0, 0.1) is 6.92 Å². The Balaban J connectivity index is 0.00000216. The quantitative estimate of drug-likeness (QED) is 0.188. The number of benzene rings is 2. The SMILES string of the molecule is C=C1COc2c(Oc3ccc(NC(=O)Nc4cc(C(C)(C)C)nn4-c4cccc(C)c4)c(C(F)(F)F)c3)ccnc2N1.CN. The van der Waals surface area contributed by atoms with Gasteiger partial charge in [-0.25, -0.2) is 14.5 Å². The van der Waals surface area contributed by atoms with Crippen molar-refractivity contribution in [2.75, 3.05) is 29.6 Å². The fraction of sp³-hybridized carbons (Fsp3) is 0.258. The lowest BCUT2D eigenvalue weighted by atomic mass is 9.92. The molecule has 0 spiro atoms. The van der Waals surface area contributed by atoms with Crippen LogP contribution in [0.1, 0.15) is 37.6 Å². The second-order valence-corrected chi connectivity index (χ2v) is 10.8. The maximum absolute atomic E-state index is 14.1. The molecule has 3 heterocycles. The van der Waals surface area contributed by atoms with Gasteiger partial charge in [-0.1, -0.05) is 39.5 Å². The summed E-state index contributed by atoms with van der Waals surface area (Å²) in [5.41, 5.74) is 5.57. The molecule has 1 aliphatic rings. The van der Waals surface area contributed by atoms with Gasteiger partial charge in [0.05, 0.1) is 22.6 Å². The molecule has 5 rings (SSSR count). The minimum atomic E-state index is -4.79. The molecule has 1 aliphatic heterocycles. The molecule has 13 heteroatoms. The van der Waals surface area contributed by atoms with E-state index in [0.29, 0.717) is 28.7 Å². The molecule has 0 radical (unpaired) electrons. The Labute approximate surface area is 253 Å². The zero-order valence-electron chi connectivity index (χ0n) is 25.0. The van der Waals surface area contributed by atoms with Crippen molar-refractivity contribution in [1.29, 1.82) is 0 Å². The number of carbonyl (C=O) groups is 1. The van der Waals surface area contributed by atoms with E-state index < -0.39 is 23.5 Å². The Morgan fingerprint density at radius 2 is 1.84 bits per heavy atom. The largest absolute Gasteiger partial charge is 0.480 e. The molecule has 4 aromatic rings. The molecule has 10 nitrogen and oxygen atoms in total. The van der Waals surface area contributed by atoms with Crippen LogP contribution in [0.2, 0.25) is 0 Å². The Morgan fingerprint density at radius 3 is 2.52 bits per heavy atom. The van der Waals surface area contributed by atoms with Gasteiger partial charge in [-0.05, 0) is 49.9 Å². The number of hydrogen-bond acceptors (Lipinski definition) is 7. The highest BCUT2D eigenvalue weighted by molar-refractivity contribution is 6.00. The number of nitrogens with one attached hydrogen (secondary N) is 3. The Bertz CT molecular complexity index is 1680. The van der Waals surface area contributed by atoms with Crippen molar-refractivity contribution in [3.05, 3.63) is 89.9 Å². The summed E-state index contributed by atoms with van der Waals surface area (Å²) in [7, 11) is 1.50. The lowest BCUT2D eigenvalue weighted by molar-refractivity contribution is -0.137. The van der Waals surface area contributed by atoms with Crippen molar-refractivity contribution in [2.24, 2.45) is 5.73 Å². The number of nitrogens with zero attached hydrogens (tertiary/aromatic N) is 3. The monoisotopic (exact) mass is 609 g/mol. The molecule has 232 valence electrons. The number of nitrogens with two attached hydrogens (primary N) is 1. The third-order valence-electron chi connectivity index (χ3n) is 6.29. The summed E-state index contributed by atoms with van der Waals surface area (Å²) in [6.07, 6.45) is -3.36. The van der Waals surface area contributed by atoms with Gasteiger partial charge in [0.15, 0.2) is 11.6 Å². The van der Waals surface area contributed by atoms with Crippen molar-refractivity contribution >= 4 is 23.4 Å². The minimum absolute atomic E-state index is 0.109. The average molecular weight is 610 g/mol. The summed E-state index contributed by atoms with van der Waals surface area (Å²) in [6, 6.07) is 13.1. The van der Waals surface area contributed by atoms with Gasteiger partial charge in [0.1, 0.15) is 18.2 Å². The number of aromatic nitrogens is 3. The van der Waals surface area contributed by atoms with Crippen LogP contribution in [0.5, 0.6) is 17.2 Å². The van der Waals surface area contributed by atoms with E-state index in [4.69, 9.17) is 9.47 Å². The van der Waals surface area contributed by atoms with Crippen LogP contribution in [-0.4, -0.2) is 34.5 Å². The first-order valence-electron chi connectivity index (χ1n) is 13.6. The standard InChI is InChI=1S/C30H29F3N6O3.CH5N/c1-17-7-6-8-19(13-17)39-25(15-24(38-39)29(3,4)5)37-28(40)36-22-10-9-20(14-21(22)30(31,32)33)42-23-11-12-34-27-26(23)41-16-18(2)35-27;1-2/h6-15H,2,16H2,1,3-5H3,(H,34,35)(H2,36,37,40);2H2,1H3. The molecule has 0 bridgehead atoms. The molecule has 2 amide bonds. The third kappa shape index (κ3) is 7.29. The van der Waals surface area contributed by atoms with Crippen LogP contribution in [0.25, 0.3) is 5.69 Å². The predicted octanol–water partition coefficient (Wildman–Crippen LogP) is 7.22. The van der Waals surface area contributed by atoms with Crippen molar-refractivity contribution in [1.82, 2.24) is 14.8 Å². The maximum Gasteiger partial charge on any atom is 0.418 e. The zero-order valence-corrected chi connectivity index (χ0v) is 25.0. The smallest absolute Gasteiger partial charge is 0.418 e. The highest BCUT2D eigenvalue weighted by Gasteiger charge is 2.35. The van der Waals surface area contributed by atoms with Crippen LogP contribution in [-0.2, 0) is 11.6 Å². The van der Waals surface area contributed by atoms with Gasteiger partial charge in [0.25, 0.3) is 0 Å². The molecule has 2 aromatic carbocycles. The molecule has 0 fully saturated rings. The van der Waals surface area contributed by atoms with E-state index in [2.05, 4.69) is 38.3 Å². The summed E-state index contributed by atoms with van der Waals surface area (Å²) in [4.78, 5) is 17.2. The van der Waals surface area contributed by atoms with Crippen LogP contribution in [0.3, 0.4) is 0 Å². The molecule has 2 aromatic heterocycles. The minimum Gasteiger partial charge on any atom is -0.480 e. The molecule has 0 atom stereocenters. The second kappa shape index (κ2) is 12.7. The first-order valence-corrected chi connectivity index (χ1v) is 13.6. The Hall–Kier alpha value is -5.04. The first kappa shape index (κ1) is 31.9. The number of amides is 2. The van der Waals surface area contributed by atoms with Gasteiger partial charge in [0, 0.05) is 29.4 Å². The highest BCUT2D eigenvalue weighted by Crippen LogP contribution is 2.42. The van der Waals surface area contributed by atoms with Gasteiger partial charge in [-0.3, -0.25) is 5.32 Å². The highest BCUT2D eigenvalue weighted by atomic mass is 19.4. The van der Waals surface area contributed by atoms with Gasteiger partial charge in [0.2, 0.25) is 5.75 Å². The van der Waals surface area contributed by atoms with E-state index in [1.165, 1.54) is 25.4 Å². The maximum atomic E-state index is 14.1. The number of hydrogen-bond donors (Lipinski definition) is 4. The van der Waals surface area contributed by atoms with Gasteiger partial charge >= 0.3 is 12.2 Å². The van der Waals surface area contributed by atoms with E-state index in [9.17, 15) is 18.0 Å². The van der Waals surface area contributed by atoms with Gasteiger partial charge in [-0.15, -0.1) is 0 Å². The van der Waals surface area contributed by atoms with Gasteiger partial charge < -0.3 is 25.8 Å². The average Bonchev–Trinajstić information content (AvgIpc) is 3.39. The summed E-state index contributed by atoms with van der Waals surface area (Å²) >= 11 is 0. The molecule has 0 unspecified atom stereocenters. The molecule has 0 saturated carbocycles. The lowest BCUT2D eigenvalue weighted by Gasteiger charge is -2.22. The Kier molecular flexibility index (Phi) is 9.19. The van der Waals surface area contributed by atoms with Crippen LogP contribution in [0.4, 0.5) is 35.3 Å². The number of alkyl halides is 3. The summed E-state index contributed by atoms with van der Waals surface area (Å²) in [5.74, 6) is 0.956. The number of carbonyl (C=O) groups excluding carboxylic acids is 1. The number of ether oxygens (including phenoxy) is 2. The Morgan fingerprint density at radius 1 is 1.09 bits per heavy atom. The second-order valence-electron chi connectivity index (χ2n) is 10.8. The fourth-order valence-electron chi connectivity index (χ4n) is 4.22. The van der Waals surface area contributed by atoms with Crippen molar-refractivity contribution in [3.63, 3.8) is 0 Å². The van der Waals surface area contributed by atoms with E-state index in [0.717, 1.165) is 17.7 Å². The summed E-state index contributed by atoms with van der Waals surface area (Å²) < 4.78 is 55.3. The number of urea groups is 1. The summed E-state index contributed by atoms with van der Waals surface area (Å²) in [6.45, 7) is 11.8. The topological polar surface area (TPSA) is 128 Å². The van der Waals surface area contributed by atoms with E-state index >= 15 is 0 Å². The third-order valence-corrected chi connectivity index (χ3v) is 6.29. The first-order chi connectivity index (χ1) is 20.8. The lowest BCUT2D eigenvalue weighted by Crippen LogP contribution is -2.23. The number of halogens is 3. The number of pyridine rings is 1. The van der Waals surface area contributed by atoms with E-state index in [1.807, 2.05) is 52.0 Å². The molecule has 0 aliphatic carbocycles. The van der Waals surface area contributed by atoms with Crippen LogP contribution >= 0.6 is 0 Å². The van der Waals surface area contributed by atoms with Crippen LogP contribution < -0.4 is 31.2 Å². The van der Waals surface area contributed by atoms with E-state index in [-0.39, 0.29) is 29.3 Å². The predicted molar refractivity (Wildman–Crippen MR) is 164 cm³/mol. The zero-order chi connectivity index (χ0) is 32.2.